The average Bonchev–Trinajstić information content (AvgIpc) is 3.60. The number of hydrogen-bond acceptors (Lipinski definition) is 5. The number of carbonyl (C=O) groups excluding carboxylic acids is 2. The molecule has 166 valence electrons. The number of nitrogens with zero attached hydrogens (tertiary/aromatic N) is 4. The summed E-state index contributed by atoms with van der Waals surface area (Å²) in [5, 5.41) is 1.05. The number of piperidine rings is 1. The van der Waals surface area contributed by atoms with Crippen LogP contribution in [0.5, 0.6) is 0 Å². The molecule has 0 spiro atoms. The summed E-state index contributed by atoms with van der Waals surface area (Å²) in [5.74, 6) is 1.92. The maximum Gasteiger partial charge on any atom is 0.264 e. The van der Waals surface area contributed by atoms with Crippen LogP contribution in [0.1, 0.15) is 84.0 Å². The van der Waals surface area contributed by atoms with Gasteiger partial charge >= 0.3 is 0 Å². The molecule has 2 aromatic heterocycles. The zero-order chi connectivity index (χ0) is 21.5. The van der Waals surface area contributed by atoms with Crippen LogP contribution in [0.2, 0.25) is 0 Å². The molecule has 2 amide bonds. The van der Waals surface area contributed by atoms with Gasteiger partial charge in [-0.2, -0.15) is 0 Å². The van der Waals surface area contributed by atoms with E-state index in [2.05, 4.69) is 4.90 Å². The summed E-state index contributed by atoms with van der Waals surface area (Å²) in [7, 11) is 0. The summed E-state index contributed by atoms with van der Waals surface area (Å²) < 4.78 is 0. The zero-order valence-corrected chi connectivity index (χ0v) is 19.5. The molecule has 0 N–H and O–H groups in total. The molecule has 1 aliphatic carbocycles. The molecule has 4 heterocycles. The Morgan fingerprint density at radius 3 is 2.19 bits per heavy atom. The maximum absolute atomic E-state index is 13.3. The highest BCUT2D eigenvalue weighted by atomic mass is 32.1. The summed E-state index contributed by atoms with van der Waals surface area (Å²) >= 11 is 1.51. The van der Waals surface area contributed by atoms with Gasteiger partial charge in [0.2, 0.25) is 5.91 Å². The molecule has 0 bridgehead atoms. The second kappa shape index (κ2) is 8.49. The Morgan fingerprint density at radius 1 is 0.871 bits per heavy atom. The number of carbonyl (C=O) groups is 2. The number of amides is 2. The van der Waals surface area contributed by atoms with Crippen molar-refractivity contribution in [3.05, 3.63) is 22.0 Å². The van der Waals surface area contributed by atoms with Crippen LogP contribution in [0, 0.1) is 19.8 Å². The van der Waals surface area contributed by atoms with E-state index >= 15 is 0 Å². The van der Waals surface area contributed by atoms with Crippen molar-refractivity contribution in [3.63, 3.8) is 0 Å². The fourth-order valence-electron chi connectivity index (χ4n) is 5.11. The van der Waals surface area contributed by atoms with Gasteiger partial charge < -0.3 is 9.80 Å². The average molecular weight is 441 g/mol. The molecule has 3 aliphatic rings. The van der Waals surface area contributed by atoms with Crippen molar-refractivity contribution >= 4 is 33.4 Å². The molecular formula is C24H32N4O2S. The number of likely N-dealkylation sites (tertiary alicyclic amines) is 2. The topological polar surface area (TPSA) is 66.4 Å². The van der Waals surface area contributed by atoms with E-state index in [0.29, 0.717) is 24.9 Å². The van der Waals surface area contributed by atoms with Crippen molar-refractivity contribution in [1.29, 1.82) is 0 Å². The molecular weight excluding hydrogens is 408 g/mol. The van der Waals surface area contributed by atoms with Gasteiger partial charge in [-0.1, -0.05) is 12.8 Å². The molecule has 5 rings (SSSR count). The second-order valence-corrected chi connectivity index (χ2v) is 10.5. The van der Waals surface area contributed by atoms with Crippen LogP contribution < -0.4 is 0 Å². The van der Waals surface area contributed by atoms with E-state index in [9.17, 15) is 9.59 Å². The van der Waals surface area contributed by atoms with Crippen molar-refractivity contribution in [1.82, 2.24) is 19.8 Å². The molecule has 3 fully saturated rings. The fraction of sp³-hybridized carbons (Fsp3) is 0.667. The molecule has 7 heteroatoms. The summed E-state index contributed by atoms with van der Waals surface area (Å²) in [6.45, 7) is 7.19. The van der Waals surface area contributed by atoms with Crippen molar-refractivity contribution in [2.75, 3.05) is 26.2 Å². The number of rotatable bonds is 3. The van der Waals surface area contributed by atoms with Crippen LogP contribution >= 0.6 is 11.3 Å². The number of hydrogen-bond donors (Lipinski definition) is 0. The third-order valence-corrected chi connectivity index (χ3v) is 8.35. The molecule has 0 atom stereocenters. The van der Waals surface area contributed by atoms with E-state index in [-0.39, 0.29) is 11.8 Å². The van der Waals surface area contributed by atoms with Gasteiger partial charge in [-0.15, -0.1) is 11.3 Å². The van der Waals surface area contributed by atoms with E-state index in [0.717, 1.165) is 70.9 Å². The van der Waals surface area contributed by atoms with Crippen LogP contribution in [0.3, 0.4) is 0 Å². The minimum atomic E-state index is 0.0693. The highest BCUT2D eigenvalue weighted by Gasteiger charge is 2.33. The predicted octanol–water partition coefficient (Wildman–Crippen LogP) is 4.44. The minimum absolute atomic E-state index is 0.0693. The molecule has 0 aromatic carbocycles. The lowest BCUT2D eigenvalue weighted by atomic mass is 9.95. The van der Waals surface area contributed by atoms with Gasteiger partial charge in [0.05, 0.1) is 10.6 Å². The van der Waals surface area contributed by atoms with Crippen LogP contribution in [-0.2, 0) is 4.79 Å². The first-order valence-electron chi connectivity index (χ1n) is 11.9. The lowest BCUT2D eigenvalue weighted by Crippen LogP contribution is -2.44. The highest BCUT2D eigenvalue weighted by Crippen LogP contribution is 2.40. The number of fused-ring (bicyclic) bond motifs is 1. The number of aryl methyl sites for hydroxylation is 2. The lowest BCUT2D eigenvalue weighted by Gasteiger charge is -2.34. The van der Waals surface area contributed by atoms with Gasteiger partial charge in [0, 0.05) is 43.4 Å². The first kappa shape index (κ1) is 20.9. The molecule has 2 aliphatic heterocycles. The molecule has 0 unspecified atom stereocenters. The van der Waals surface area contributed by atoms with E-state index < -0.39 is 0 Å². The Balaban J connectivity index is 1.28. The monoisotopic (exact) mass is 440 g/mol. The Bertz CT molecular complexity index is 997. The van der Waals surface area contributed by atoms with E-state index in [1.54, 1.807) is 0 Å². The highest BCUT2D eigenvalue weighted by molar-refractivity contribution is 7.20. The van der Waals surface area contributed by atoms with Crippen LogP contribution in [-0.4, -0.2) is 57.8 Å². The predicted molar refractivity (Wildman–Crippen MR) is 123 cm³/mol. The molecule has 1 saturated carbocycles. The van der Waals surface area contributed by atoms with Gasteiger partial charge in [0.25, 0.3) is 5.91 Å². The van der Waals surface area contributed by atoms with Crippen molar-refractivity contribution in [2.45, 2.75) is 71.1 Å². The summed E-state index contributed by atoms with van der Waals surface area (Å²) in [6, 6.07) is 0. The van der Waals surface area contributed by atoms with Gasteiger partial charge in [-0.05, 0) is 57.9 Å². The van der Waals surface area contributed by atoms with E-state index in [4.69, 9.17) is 9.97 Å². The van der Waals surface area contributed by atoms with Crippen molar-refractivity contribution in [3.8, 4) is 0 Å². The first-order chi connectivity index (χ1) is 15.0. The van der Waals surface area contributed by atoms with Crippen LogP contribution in [0.4, 0.5) is 0 Å². The third-order valence-electron chi connectivity index (χ3n) is 7.17. The Morgan fingerprint density at radius 2 is 1.55 bits per heavy atom. The summed E-state index contributed by atoms with van der Waals surface area (Å²) in [5.41, 5.74) is 1.99. The van der Waals surface area contributed by atoms with Crippen molar-refractivity contribution < 1.29 is 9.59 Å². The third kappa shape index (κ3) is 4.09. The maximum atomic E-state index is 13.3. The number of thiophene rings is 1. The quantitative estimate of drug-likeness (QED) is 0.708. The van der Waals surface area contributed by atoms with Crippen LogP contribution in [0.25, 0.3) is 10.2 Å². The Labute approximate surface area is 188 Å². The fourth-order valence-corrected chi connectivity index (χ4v) is 6.32. The summed E-state index contributed by atoms with van der Waals surface area (Å²) in [6.07, 6.45) is 8.61. The van der Waals surface area contributed by atoms with Crippen molar-refractivity contribution in [2.24, 2.45) is 5.92 Å². The first-order valence-corrected chi connectivity index (χ1v) is 12.7. The lowest BCUT2D eigenvalue weighted by molar-refractivity contribution is -0.136. The number of aromatic nitrogens is 2. The molecule has 2 saturated heterocycles. The normalized spacial score (nSPS) is 20.8. The second-order valence-electron chi connectivity index (χ2n) is 9.48. The van der Waals surface area contributed by atoms with Gasteiger partial charge in [0.1, 0.15) is 10.7 Å². The van der Waals surface area contributed by atoms with Crippen LogP contribution in [0.15, 0.2) is 0 Å². The Hall–Kier alpha value is -2.02. The molecule has 31 heavy (non-hydrogen) atoms. The molecule has 6 nitrogen and oxygen atoms in total. The SMILES string of the molecule is Cc1nc(C2CC2)nc2sc(C(=O)N3CCC(C(=O)N4CCCCCC4)CC3)c(C)c12. The van der Waals surface area contributed by atoms with Gasteiger partial charge in [0.15, 0.2) is 0 Å². The summed E-state index contributed by atoms with van der Waals surface area (Å²) in [4.78, 5) is 41.6. The zero-order valence-electron chi connectivity index (χ0n) is 18.7. The largest absolute Gasteiger partial charge is 0.342 e. The standard InChI is InChI=1S/C24H32N4O2S/c1-15-19-16(2)25-21(17-7-8-17)26-22(19)31-20(15)24(30)28-13-9-18(10-14-28)23(29)27-11-5-3-4-6-12-27/h17-18H,3-14H2,1-2H3. The van der Waals surface area contributed by atoms with Gasteiger partial charge in [-0.3, -0.25) is 9.59 Å². The molecule has 2 aromatic rings. The minimum Gasteiger partial charge on any atom is -0.342 e. The van der Waals surface area contributed by atoms with Gasteiger partial charge in [-0.25, -0.2) is 9.97 Å². The van der Waals surface area contributed by atoms with E-state index in [1.165, 1.54) is 37.0 Å². The Kier molecular flexibility index (Phi) is 5.71. The van der Waals surface area contributed by atoms with E-state index in [1.807, 2.05) is 18.7 Å². The smallest absolute Gasteiger partial charge is 0.264 e. The molecule has 0 radical (unpaired) electrons.